The second-order valence-corrected chi connectivity index (χ2v) is 6.24. The normalized spacial score (nSPS) is 10.9. The molecule has 2 heterocycles. The summed E-state index contributed by atoms with van der Waals surface area (Å²) in [5.74, 6) is 0.0747. The summed E-state index contributed by atoms with van der Waals surface area (Å²) in [4.78, 5) is 22.4. The summed E-state index contributed by atoms with van der Waals surface area (Å²) < 4.78 is 16.1. The van der Waals surface area contributed by atoms with Gasteiger partial charge in [-0.1, -0.05) is 35.0 Å². The number of hydrogen-bond donors (Lipinski definition) is 0. The summed E-state index contributed by atoms with van der Waals surface area (Å²) in [6, 6.07) is 14.4. The van der Waals surface area contributed by atoms with E-state index in [4.69, 9.17) is 25.3 Å². The number of nitro benzene ring substituents is 1. The molecule has 0 saturated carbocycles. The monoisotopic (exact) mass is 398 g/mol. The van der Waals surface area contributed by atoms with Gasteiger partial charge in [-0.05, 0) is 18.2 Å². The second-order valence-electron chi connectivity index (χ2n) is 5.83. The van der Waals surface area contributed by atoms with Crippen molar-refractivity contribution in [2.45, 2.75) is 6.61 Å². The number of aromatic nitrogens is 1. The van der Waals surface area contributed by atoms with Crippen molar-refractivity contribution in [1.29, 1.82) is 0 Å². The molecule has 0 bridgehead atoms. The number of non-ortho nitro benzene ring substituents is 1. The minimum absolute atomic E-state index is 0.0544. The molecular weight excluding hydrogens is 388 g/mol. The summed E-state index contributed by atoms with van der Waals surface area (Å²) in [6.45, 7) is -0.193. The third-order valence-corrected chi connectivity index (χ3v) is 4.29. The first-order chi connectivity index (χ1) is 13.5. The topological polar surface area (TPSA) is 109 Å². The van der Waals surface area contributed by atoms with Crippen molar-refractivity contribution >= 4 is 34.2 Å². The average molecular weight is 399 g/mol. The Labute approximate surface area is 162 Å². The van der Waals surface area contributed by atoms with Crippen LogP contribution in [0.5, 0.6) is 0 Å². The van der Waals surface area contributed by atoms with Gasteiger partial charge < -0.3 is 13.7 Å². The van der Waals surface area contributed by atoms with Gasteiger partial charge in [-0.2, -0.15) is 0 Å². The van der Waals surface area contributed by atoms with Crippen molar-refractivity contribution < 1.29 is 23.4 Å². The highest BCUT2D eigenvalue weighted by Crippen LogP contribution is 2.28. The third-order valence-electron chi connectivity index (χ3n) is 3.96. The van der Waals surface area contributed by atoms with Crippen LogP contribution >= 0.6 is 11.6 Å². The zero-order valence-electron chi connectivity index (χ0n) is 14.1. The number of carbonyl (C=O) groups is 1. The molecule has 2 aromatic heterocycles. The molecule has 0 unspecified atom stereocenters. The minimum Gasteiger partial charge on any atom is -0.455 e. The molecule has 4 rings (SSSR count). The van der Waals surface area contributed by atoms with Gasteiger partial charge in [0.05, 0.1) is 15.5 Å². The van der Waals surface area contributed by atoms with E-state index in [1.165, 1.54) is 12.1 Å². The van der Waals surface area contributed by atoms with Crippen LogP contribution in [0.1, 0.15) is 16.1 Å². The molecule has 0 saturated heterocycles. The Morgan fingerprint density at radius 2 is 1.96 bits per heavy atom. The number of para-hydroxylation sites is 1. The van der Waals surface area contributed by atoms with Gasteiger partial charge in [-0.3, -0.25) is 10.1 Å². The molecule has 0 amide bonds. The maximum Gasteiger partial charge on any atom is 0.340 e. The molecule has 0 fully saturated rings. The molecule has 0 spiro atoms. The number of benzene rings is 2. The van der Waals surface area contributed by atoms with Crippen molar-refractivity contribution in [2.24, 2.45) is 0 Å². The molecular formula is C19H11ClN2O6. The van der Waals surface area contributed by atoms with Gasteiger partial charge in [0.25, 0.3) is 5.69 Å². The lowest BCUT2D eigenvalue weighted by Crippen LogP contribution is -2.06. The number of ether oxygens (including phenoxy) is 1. The lowest BCUT2D eigenvalue weighted by molar-refractivity contribution is -0.384. The van der Waals surface area contributed by atoms with E-state index < -0.39 is 10.9 Å². The molecule has 0 N–H and O–H groups in total. The Kier molecular flexibility index (Phi) is 4.54. The van der Waals surface area contributed by atoms with Gasteiger partial charge in [0.1, 0.15) is 17.9 Å². The van der Waals surface area contributed by atoms with E-state index >= 15 is 0 Å². The number of carbonyl (C=O) groups excluding carboxylic acids is 1. The SMILES string of the molecule is O=C(OCc1cc(-c2cc3ccccc3o2)on1)c1cc([N+](=O)[O-])ccc1Cl. The number of nitro groups is 1. The Hall–Kier alpha value is -3.65. The second kappa shape index (κ2) is 7.16. The van der Waals surface area contributed by atoms with Crippen molar-refractivity contribution in [3.05, 3.63) is 81.0 Å². The number of hydrogen-bond acceptors (Lipinski definition) is 7. The molecule has 8 nitrogen and oxygen atoms in total. The van der Waals surface area contributed by atoms with Crippen LogP contribution in [-0.2, 0) is 11.3 Å². The molecule has 140 valence electrons. The Bertz CT molecular complexity index is 1160. The summed E-state index contributed by atoms with van der Waals surface area (Å²) in [6.07, 6.45) is 0. The standard InChI is InChI=1S/C19H11ClN2O6/c20-15-6-5-13(22(24)25)9-14(15)19(23)26-10-12-8-18(28-21-12)17-7-11-3-1-2-4-16(11)27-17/h1-9H,10H2. The average Bonchev–Trinajstić information content (AvgIpc) is 3.32. The maximum atomic E-state index is 12.2. The lowest BCUT2D eigenvalue weighted by atomic mass is 10.2. The van der Waals surface area contributed by atoms with E-state index in [-0.39, 0.29) is 22.9 Å². The van der Waals surface area contributed by atoms with E-state index in [2.05, 4.69) is 5.16 Å². The molecule has 2 aromatic carbocycles. The van der Waals surface area contributed by atoms with E-state index in [9.17, 15) is 14.9 Å². The molecule has 0 aliphatic carbocycles. The first-order valence-electron chi connectivity index (χ1n) is 8.07. The molecule has 4 aromatic rings. The van der Waals surface area contributed by atoms with Gasteiger partial charge >= 0.3 is 5.97 Å². The third kappa shape index (κ3) is 3.45. The Balaban J connectivity index is 1.48. The van der Waals surface area contributed by atoms with Crippen LogP contribution in [0.15, 0.2) is 63.5 Å². The van der Waals surface area contributed by atoms with E-state index in [0.29, 0.717) is 22.8 Å². The predicted octanol–water partition coefficient (Wildman–Crippen LogP) is 5.01. The van der Waals surface area contributed by atoms with Crippen LogP contribution in [0, 0.1) is 10.1 Å². The molecule has 0 atom stereocenters. The largest absolute Gasteiger partial charge is 0.455 e. The Morgan fingerprint density at radius 3 is 2.75 bits per heavy atom. The van der Waals surface area contributed by atoms with Crippen LogP contribution in [-0.4, -0.2) is 16.0 Å². The Morgan fingerprint density at radius 1 is 1.14 bits per heavy atom. The number of rotatable bonds is 5. The zero-order valence-corrected chi connectivity index (χ0v) is 14.9. The highest BCUT2D eigenvalue weighted by molar-refractivity contribution is 6.33. The molecule has 28 heavy (non-hydrogen) atoms. The van der Waals surface area contributed by atoms with Crippen LogP contribution in [0.4, 0.5) is 5.69 Å². The predicted molar refractivity (Wildman–Crippen MR) is 98.9 cm³/mol. The maximum absolute atomic E-state index is 12.2. The summed E-state index contributed by atoms with van der Waals surface area (Å²) in [5, 5.41) is 15.7. The first-order valence-corrected chi connectivity index (χ1v) is 8.44. The van der Waals surface area contributed by atoms with Gasteiger partial charge in [-0.15, -0.1) is 0 Å². The fourth-order valence-electron chi connectivity index (χ4n) is 2.60. The zero-order chi connectivity index (χ0) is 19.7. The number of fused-ring (bicyclic) bond motifs is 1. The molecule has 0 aliphatic heterocycles. The number of nitrogens with zero attached hydrogens (tertiary/aromatic N) is 2. The summed E-state index contributed by atoms with van der Waals surface area (Å²) in [5.41, 5.74) is 0.703. The summed E-state index contributed by atoms with van der Waals surface area (Å²) in [7, 11) is 0. The highest BCUT2D eigenvalue weighted by Gasteiger charge is 2.18. The fraction of sp³-hybridized carbons (Fsp3) is 0.0526. The first kappa shape index (κ1) is 17.7. The quantitative estimate of drug-likeness (QED) is 0.264. The number of halogens is 1. The van der Waals surface area contributed by atoms with Gasteiger partial charge in [-0.25, -0.2) is 4.79 Å². The van der Waals surface area contributed by atoms with Crippen molar-refractivity contribution in [1.82, 2.24) is 5.16 Å². The summed E-state index contributed by atoms with van der Waals surface area (Å²) >= 11 is 5.93. The van der Waals surface area contributed by atoms with E-state index in [1.54, 1.807) is 6.07 Å². The lowest BCUT2D eigenvalue weighted by Gasteiger charge is -2.04. The number of esters is 1. The van der Waals surface area contributed by atoms with Crippen LogP contribution in [0.25, 0.3) is 22.5 Å². The molecule has 0 aliphatic rings. The van der Waals surface area contributed by atoms with Gasteiger partial charge in [0.15, 0.2) is 5.76 Å². The van der Waals surface area contributed by atoms with Crippen LogP contribution in [0.2, 0.25) is 5.02 Å². The van der Waals surface area contributed by atoms with E-state index in [1.807, 2.05) is 30.3 Å². The van der Waals surface area contributed by atoms with Crippen LogP contribution < -0.4 is 0 Å². The van der Waals surface area contributed by atoms with Gasteiger partial charge in [0, 0.05) is 23.6 Å². The highest BCUT2D eigenvalue weighted by atomic mass is 35.5. The van der Waals surface area contributed by atoms with Crippen molar-refractivity contribution in [3.8, 4) is 11.5 Å². The molecule has 0 radical (unpaired) electrons. The van der Waals surface area contributed by atoms with Crippen LogP contribution in [0.3, 0.4) is 0 Å². The minimum atomic E-state index is -0.804. The van der Waals surface area contributed by atoms with Crippen molar-refractivity contribution in [2.75, 3.05) is 0 Å². The molecule has 9 heteroatoms. The smallest absolute Gasteiger partial charge is 0.340 e. The fourth-order valence-corrected chi connectivity index (χ4v) is 2.79. The number of furan rings is 1. The van der Waals surface area contributed by atoms with E-state index in [0.717, 1.165) is 11.5 Å². The van der Waals surface area contributed by atoms with Crippen molar-refractivity contribution in [3.63, 3.8) is 0 Å². The van der Waals surface area contributed by atoms with Gasteiger partial charge in [0.2, 0.25) is 5.76 Å².